The van der Waals surface area contributed by atoms with E-state index in [-0.39, 0.29) is 5.56 Å². The van der Waals surface area contributed by atoms with E-state index in [2.05, 4.69) is 10.2 Å². The summed E-state index contributed by atoms with van der Waals surface area (Å²) in [5, 5.41) is 8.20. The fourth-order valence-electron chi connectivity index (χ4n) is 3.05. The number of H-pyrrole nitrogens is 1. The van der Waals surface area contributed by atoms with Crippen molar-refractivity contribution < 1.29 is 4.74 Å². The lowest BCUT2D eigenvalue weighted by Gasteiger charge is -2.20. The average molecular weight is 301 g/mol. The highest BCUT2D eigenvalue weighted by Crippen LogP contribution is 2.44. The third-order valence-corrected chi connectivity index (χ3v) is 4.12. The number of hydrogen-bond donors (Lipinski definition) is 1. The molecular weight excluding hydrogens is 290 g/mol. The third-order valence-electron chi connectivity index (χ3n) is 4.12. The summed E-state index contributed by atoms with van der Waals surface area (Å²) in [6.07, 6.45) is 3.96. The van der Waals surface area contributed by atoms with E-state index in [9.17, 15) is 4.79 Å². The fraction of sp³-hybridized carbons (Fsp3) is 0. The first-order chi connectivity index (χ1) is 11.3. The van der Waals surface area contributed by atoms with Crippen molar-refractivity contribution in [1.82, 2.24) is 14.8 Å². The van der Waals surface area contributed by atoms with Crippen molar-refractivity contribution in [2.45, 2.75) is 0 Å². The summed E-state index contributed by atoms with van der Waals surface area (Å²) in [6, 6.07) is 15.3. The average Bonchev–Trinajstić information content (AvgIpc) is 3.11. The van der Waals surface area contributed by atoms with Gasteiger partial charge in [-0.2, -0.15) is 5.10 Å². The van der Waals surface area contributed by atoms with E-state index in [1.165, 1.54) is 0 Å². The second kappa shape index (κ2) is 4.33. The maximum atomic E-state index is 12.0. The molecule has 0 atom stereocenters. The van der Waals surface area contributed by atoms with Crippen LogP contribution in [0.5, 0.6) is 11.5 Å². The molecule has 0 saturated carbocycles. The van der Waals surface area contributed by atoms with Crippen LogP contribution in [0.2, 0.25) is 0 Å². The number of fused-ring (bicyclic) bond motifs is 2. The van der Waals surface area contributed by atoms with Gasteiger partial charge in [-0.1, -0.05) is 6.07 Å². The van der Waals surface area contributed by atoms with Gasteiger partial charge in [0.1, 0.15) is 17.2 Å². The van der Waals surface area contributed by atoms with Crippen LogP contribution in [0, 0.1) is 0 Å². The second-order valence-corrected chi connectivity index (χ2v) is 5.45. The zero-order valence-corrected chi connectivity index (χ0v) is 12.0. The maximum Gasteiger partial charge on any atom is 0.272 e. The van der Waals surface area contributed by atoms with Gasteiger partial charge in [-0.05, 0) is 42.5 Å². The number of aromatic amines is 1. The maximum absolute atomic E-state index is 12.0. The van der Waals surface area contributed by atoms with E-state index >= 15 is 0 Å². The Morgan fingerprint density at radius 3 is 2.74 bits per heavy atom. The van der Waals surface area contributed by atoms with Gasteiger partial charge >= 0.3 is 0 Å². The zero-order valence-electron chi connectivity index (χ0n) is 12.0. The van der Waals surface area contributed by atoms with Gasteiger partial charge in [0.15, 0.2) is 0 Å². The van der Waals surface area contributed by atoms with E-state index in [0.717, 1.165) is 28.1 Å². The molecule has 0 saturated heterocycles. The van der Waals surface area contributed by atoms with Crippen molar-refractivity contribution in [1.29, 1.82) is 0 Å². The second-order valence-electron chi connectivity index (χ2n) is 5.45. The highest BCUT2D eigenvalue weighted by Gasteiger charge is 2.23. The van der Waals surface area contributed by atoms with Crippen LogP contribution >= 0.6 is 0 Å². The molecule has 23 heavy (non-hydrogen) atoms. The number of ether oxygens (including phenoxy) is 1. The van der Waals surface area contributed by atoms with Gasteiger partial charge in [-0.3, -0.25) is 4.79 Å². The topological polar surface area (TPSA) is 59.9 Å². The van der Waals surface area contributed by atoms with E-state index < -0.39 is 0 Å². The molecule has 110 valence electrons. The Balaban J connectivity index is 1.85. The SMILES string of the molecule is O=c1[nH]nc2c3c(cccc13)Oc1ccc(-n3cccc3)cc1-2. The smallest absolute Gasteiger partial charge is 0.272 e. The number of benzene rings is 2. The predicted octanol–water partition coefficient (Wildman–Crippen LogP) is 3.49. The summed E-state index contributed by atoms with van der Waals surface area (Å²) >= 11 is 0. The molecule has 5 rings (SSSR count). The Bertz CT molecular complexity index is 1110. The monoisotopic (exact) mass is 301 g/mol. The molecule has 1 N–H and O–H groups in total. The first-order valence-electron chi connectivity index (χ1n) is 7.28. The summed E-state index contributed by atoms with van der Waals surface area (Å²) < 4.78 is 7.99. The number of rotatable bonds is 1. The number of nitrogens with zero attached hydrogens (tertiary/aromatic N) is 2. The molecule has 0 bridgehead atoms. The van der Waals surface area contributed by atoms with Crippen LogP contribution in [0.25, 0.3) is 27.7 Å². The molecule has 5 heteroatoms. The molecule has 0 unspecified atom stereocenters. The highest BCUT2D eigenvalue weighted by molar-refractivity contribution is 6.01. The molecule has 1 aliphatic rings. The largest absolute Gasteiger partial charge is 0.456 e. The van der Waals surface area contributed by atoms with Crippen LogP contribution in [-0.4, -0.2) is 14.8 Å². The molecule has 5 nitrogen and oxygen atoms in total. The summed E-state index contributed by atoms with van der Waals surface area (Å²) in [5.41, 5.74) is 2.42. The minimum Gasteiger partial charge on any atom is -0.456 e. The van der Waals surface area contributed by atoms with Crippen LogP contribution in [0.4, 0.5) is 0 Å². The molecule has 2 aromatic heterocycles. The van der Waals surface area contributed by atoms with E-state index in [0.29, 0.717) is 11.1 Å². The van der Waals surface area contributed by atoms with Gasteiger partial charge in [-0.15, -0.1) is 0 Å². The summed E-state index contributed by atoms with van der Waals surface area (Å²) in [4.78, 5) is 12.0. The van der Waals surface area contributed by atoms with Crippen LogP contribution in [0.3, 0.4) is 0 Å². The molecule has 0 aliphatic carbocycles. The molecule has 3 heterocycles. The van der Waals surface area contributed by atoms with Crippen molar-refractivity contribution in [2.75, 3.05) is 0 Å². The van der Waals surface area contributed by atoms with E-state index in [1.807, 2.05) is 59.4 Å². The molecule has 0 radical (unpaired) electrons. The van der Waals surface area contributed by atoms with Crippen LogP contribution in [0.1, 0.15) is 0 Å². The van der Waals surface area contributed by atoms with Gasteiger partial charge in [0.2, 0.25) is 0 Å². The molecule has 0 spiro atoms. The van der Waals surface area contributed by atoms with Crippen molar-refractivity contribution in [3.63, 3.8) is 0 Å². The molecule has 2 aromatic carbocycles. The molecule has 1 aliphatic heterocycles. The minimum atomic E-state index is -0.209. The highest BCUT2D eigenvalue weighted by atomic mass is 16.5. The van der Waals surface area contributed by atoms with Crippen molar-refractivity contribution in [2.24, 2.45) is 0 Å². The van der Waals surface area contributed by atoms with Crippen molar-refractivity contribution in [3.8, 4) is 28.4 Å². The quantitative estimate of drug-likeness (QED) is 0.515. The van der Waals surface area contributed by atoms with Gasteiger partial charge in [0.25, 0.3) is 5.56 Å². The Morgan fingerprint density at radius 1 is 1.00 bits per heavy atom. The summed E-state index contributed by atoms with van der Waals surface area (Å²) in [5.74, 6) is 1.40. The van der Waals surface area contributed by atoms with Crippen LogP contribution < -0.4 is 10.3 Å². The van der Waals surface area contributed by atoms with Gasteiger partial charge in [-0.25, -0.2) is 5.10 Å². The number of nitrogens with one attached hydrogen (secondary N) is 1. The van der Waals surface area contributed by atoms with Crippen LogP contribution in [0.15, 0.2) is 65.7 Å². The number of aromatic nitrogens is 3. The Kier molecular flexibility index (Phi) is 2.30. The first kappa shape index (κ1) is 12.2. The predicted molar refractivity (Wildman–Crippen MR) is 87.2 cm³/mol. The van der Waals surface area contributed by atoms with Gasteiger partial charge in [0.05, 0.1) is 10.8 Å². The fourth-order valence-corrected chi connectivity index (χ4v) is 3.05. The lowest BCUT2D eigenvalue weighted by atomic mass is 10.0. The molecule has 0 amide bonds. The lowest BCUT2D eigenvalue weighted by molar-refractivity contribution is 0.486. The normalized spacial score (nSPS) is 12.0. The lowest BCUT2D eigenvalue weighted by Crippen LogP contribution is -2.12. The standard InChI is InChI=1S/C18H11N3O2/c22-18-12-4-3-5-15-16(12)17(19-20-18)13-10-11(6-7-14(13)23-15)21-8-1-2-9-21/h1-10H,(H,20,22). The summed E-state index contributed by atoms with van der Waals surface area (Å²) in [7, 11) is 0. The Morgan fingerprint density at radius 2 is 1.87 bits per heavy atom. The third kappa shape index (κ3) is 1.67. The zero-order chi connectivity index (χ0) is 15.4. The first-order valence-corrected chi connectivity index (χ1v) is 7.28. The van der Waals surface area contributed by atoms with Crippen molar-refractivity contribution in [3.05, 3.63) is 71.3 Å². The molecular formula is C18H11N3O2. The summed E-state index contributed by atoms with van der Waals surface area (Å²) in [6.45, 7) is 0. The van der Waals surface area contributed by atoms with Crippen LogP contribution in [-0.2, 0) is 0 Å². The van der Waals surface area contributed by atoms with Crippen molar-refractivity contribution >= 4 is 10.8 Å². The van der Waals surface area contributed by atoms with E-state index in [4.69, 9.17) is 4.74 Å². The Hall–Kier alpha value is -3.34. The molecule has 0 fully saturated rings. The van der Waals surface area contributed by atoms with Gasteiger partial charge in [0, 0.05) is 23.6 Å². The molecule has 4 aromatic rings. The van der Waals surface area contributed by atoms with E-state index in [1.54, 1.807) is 6.07 Å². The minimum absolute atomic E-state index is 0.209. The van der Waals surface area contributed by atoms with Gasteiger partial charge < -0.3 is 9.30 Å². The number of hydrogen-bond acceptors (Lipinski definition) is 3. The Labute approximate surface area is 130 Å².